The minimum Gasteiger partial charge on any atom is -0.480 e. The van der Waals surface area contributed by atoms with E-state index in [2.05, 4.69) is 12.2 Å². The van der Waals surface area contributed by atoms with Crippen LogP contribution in [0.25, 0.3) is 0 Å². The average molecular weight is 265 g/mol. The van der Waals surface area contributed by atoms with E-state index in [1.54, 1.807) is 7.11 Å². The highest BCUT2D eigenvalue weighted by Gasteiger charge is 2.16. The topological polar surface area (TPSA) is 58.6 Å². The third kappa shape index (κ3) is 5.41. The molecule has 0 fully saturated rings. The van der Waals surface area contributed by atoms with Gasteiger partial charge in [-0.05, 0) is 17.5 Å². The lowest BCUT2D eigenvalue weighted by molar-refractivity contribution is -0.139. The van der Waals surface area contributed by atoms with E-state index >= 15 is 0 Å². The van der Waals surface area contributed by atoms with E-state index in [0.29, 0.717) is 19.6 Å². The van der Waals surface area contributed by atoms with Crippen LogP contribution in [0, 0.1) is 0 Å². The van der Waals surface area contributed by atoms with E-state index in [0.717, 1.165) is 24.0 Å². The van der Waals surface area contributed by atoms with Gasteiger partial charge in [0.25, 0.3) is 0 Å². The predicted molar refractivity (Wildman–Crippen MR) is 74.9 cm³/mol. The quantitative estimate of drug-likeness (QED) is 0.720. The number of rotatable bonds is 9. The maximum Gasteiger partial charge on any atom is 0.320 e. The number of hydrogen-bond donors (Lipinski definition) is 2. The fraction of sp³-hybridized carbons (Fsp3) is 0.533. The van der Waals surface area contributed by atoms with Gasteiger partial charge >= 0.3 is 5.97 Å². The molecule has 1 rings (SSSR count). The first-order chi connectivity index (χ1) is 9.19. The van der Waals surface area contributed by atoms with Gasteiger partial charge in [0.2, 0.25) is 0 Å². The first-order valence-electron chi connectivity index (χ1n) is 6.71. The van der Waals surface area contributed by atoms with Crippen molar-refractivity contribution < 1.29 is 14.6 Å². The maximum absolute atomic E-state index is 11.2. The van der Waals surface area contributed by atoms with Gasteiger partial charge in [0.1, 0.15) is 6.04 Å². The first kappa shape index (κ1) is 15.7. The van der Waals surface area contributed by atoms with Crippen molar-refractivity contribution in [3.05, 3.63) is 35.4 Å². The summed E-state index contributed by atoms with van der Waals surface area (Å²) in [6.07, 6.45) is 2.59. The lowest BCUT2D eigenvalue weighted by atomic mass is 10.1. The van der Waals surface area contributed by atoms with Gasteiger partial charge in [0, 0.05) is 13.7 Å². The molecule has 0 aliphatic heterocycles. The molecule has 0 amide bonds. The minimum atomic E-state index is -0.780. The highest BCUT2D eigenvalue weighted by Crippen LogP contribution is 2.11. The summed E-state index contributed by atoms with van der Waals surface area (Å²) < 4.78 is 5.14. The van der Waals surface area contributed by atoms with E-state index in [1.165, 1.54) is 0 Å². The van der Waals surface area contributed by atoms with Crippen LogP contribution in [-0.2, 0) is 22.7 Å². The fourth-order valence-electron chi connectivity index (χ4n) is 1.98. The van der Waals surface area contributed by atoms with Gasteiger partial charge < -0.3 is 15.2 Å². The van der Waals surface area contributed by atoms with Crippen LogP contribution < -0.4 is 5.32 Å². The Labute approximate surface area is 114 Å². The summed E-state index contributed by atoms with van der Waals surface area (Å²) in [4.78, 5) is 11.2. The van der Waals surface area contributed by atoms with E-state index in [1.807, 2.05) is 24.3 Å². The highest BCUT2D eigenvalue weighted by atomic mass is 16.5. The van der Waals surface area contributed by atoms with Gasteiger partial charge in [-0.1, -0.05) is 44.0 Å². The van der Waals surface area contributed by atoms with Crippen molar-refractivity contribution in [1.82, 2.24) is 5.32 Å². The molecule has 0 radical (unpaired) electrons. The van der Waals surface area contributed by atoms with Crippen LogP contribution in [0.5, 0.6) is 0 Å². The Morgan fingerprint density at radius 2 is 2.05 bits per heavy atom. The number of ether oxygens (including phenoxy) is 1. The van der Waals surface area contributed by atoms with Crippen LogP contribution in [0.4, 0.5) is 0 Å². The molecule has 106 valence electrons. The Balaban J connectivity index is 2.60. The Hall–Kier alpha value is -1.39. The number of carbonyl (C=O) groups is 1. The van der Waals surface area contributed by atoms with Gasteiger partial charge in [-0.15, -0.1) is 0 Å². The van der Waals surface area contributed by atoms with Crippen molar-refractivity contribution in [2.75, 3.05) is 7.11 Å². The summed E-state index contributed by atoms with van der Waals surface area (Å²) in [6.45, 7) is 3.16. The predicted octanol–water partition coefficient (Wildman–Crippen LogP) is 2.57. The Bertz CT molecular complexity index is 393. The second-order valence-corrected chi connectivity index (χ2v) is 4.62. The molecule has 0 bridgehead atoms. The van der Waals surface area contributed by atoms with Gasteiger partial charge in [0.05, 0.1) is 6.61 Å². The van der Waals surface area contributed by atoms with Gasteiger partial charge in [-0.2, -0.15) is 0 Å². The molecular weight excluding hydrogens is 242 g/mol. The Kier molecular flexibility index (Phi) is 7.15. The van der Waals surface area contributed by atoms with Gasteiger partial charge in [-0.25, -0.2) is 0 Å². The summed E-state index contributed by atoms with van der Waals surface area (Å²) >= 11 is 0. The molecule has 0 aliphatic carbocycles. The fourth-order valence-corrected chi connectivity index (χ4v) is 1.98. The number of methoxy groups -OCH3 is 1. The standard InChI is InChI=1S/C15H23NO3/c1-3-4-9-14(15(17)18)16-10-12-7-5-6-8-13(12)11-19-2/h5-8,14,16H,3-4,9-11H2,1-2H3,(H,17,18). The number of hydrogen-bond acceptors (Lipinski definition) is 3. The Morgan fingerprint density at radius 1 is 1.37 bits per heavy atom. The van der Waals surface area contributed by atoms with Crippen LogP contribution in [0.3, 0.4) is 0 Å². The summed E-state index contributed by atoms with van der Waals surface area (Å²) in [7, 11) is 1.66. The first-order valence-corrected chi connectivity index (χ1v) is 6.71. The average Bonchev–Trinajstić information content (AvgIpc) is 2.40. The largest absolute Gasteiger partial charge is 0.480 e. The van der Waals surface area contributed by atoms with Gasteiger partial charge in [-0.3, -0.25) is 4.79 Å². The molecule has 4 heteroatoms. The second-order valence-electron chi connectivity index (χ2n) is 4.62. The number of aliphatic carboxylic acids is 1. The molecule has 0 heterocycles. The molecule has 0 aliphatic rings. The zero-order valence-electron chi connectivity index (χ0n) is 11.7. The number of nitrogens with one attached hydrogen (secondary N) is 1. The molecule has 0 spiro atoms. The van der Waals surface area contributed by atoms with E-state index in [4.69, 9.17) is 9.84 Å². The van der Waals surface area contributed by atoms with Crippen molar-refractivity contribution in [3.8, 4) is 0 Å². The monoisotopic (exact) mass is 265 g/mol. The third-order valence-corrected chi connectivity index (χ3v) is 3.10. The molecule has 1 unspecified atom stereocenters. The molecule has 1 atom stereocenters. The van der Waals surface area contributed by atoms with Crippen molar-refractivity contribution in [2.24, 2.45) is 0 Å². The van der Waals surface area contributed by atoms with Crippen molar-refractivity contribution in [3.63, 3.8) is 0 Å². The Morgan fingerprint density at radius 3 is 2.63 bits per heavy atom. The van der Waals surface area contributed by atoms with Crippen LogP contribution in [-0.4, -0.2) is 24.2 Å². The second kappa shape index (κ2) is 8.67. The number of carboxylic acid groups (broad SMARTS) is 1. The van der Waals surface area contributed by atoms with Crippen molar-refractivity contribution >= 4 is 5.97 Å². The zero-order valence-corrected chi connectivity index (χ0v) is 11.7. The molecule has 0 saturated carbocycles. The smallest absolute Gasteiger partial charge is 0.320 e. The summed E-state index contributed by atoms with van der Waals surface area (Å²) in [5, 5.41) is 12.3. The van der Waals surface area contributed by atoms with Gasteiger partial charge in [0.15, 0.2) is 0 Å². The molecule has 2 N–H and O–H groups in total. The third-order valence-electron chi connectivity index (χ3n) is 3.10. The number of benzene rings is 1. The molecule has 0 aromatic heterocycles. The van der Waals surface area contributed by atoms with E-state index < -0.39 is 12.0 Å². The SMILES string of the molecule is CCCCC(NCc1ccccc1COC)C(=O)O. The molecule has 4 nitrogen and oxygen atoms in total. The van der Waals surface area contributed by atoms with Crippen LogP contribution in [0.2, 0.25) is 0 Å². The molecule has 19 heavy (non-hydrogen) atoms. The lowest BCUT2D eigenvalue weighted by Crippen LogP contribution is -2.36. The molecule has 1 aromatic carbocycles. The van der Waals surface area contributed by atoms with Crippen LogP contribution in [0.1, 0.15) is 37.3 Å². The lowest BCUT2D eigenvalue weighted by Gasteiger charge is -2.15. The van der Waals surface area contributed by atoms with E-state index in [9.17, 15) is 4.79 Å². The molecular formula is C15H23NO3. The minimum absolute atomic E-state index is 0.476. The van der Waals surface area contributed by atoms with Crippen LogP contribution >= 0.6 is 0 Å². The summed E-state index contributed by atoms with van der Waals surface area (Å²) in [5.74, 6) is -0.780. The highest BCUT2D eigenvalue weighted by molar-refractivity contribution is 5.73. The summed E-state index contributed by atoms with van der Waals surface area (Å²) in [6, 6.07) is 7.44. The van der Waals surface area contributed by atoms with Crippen molar-refractivity contribution in [2.45, 2.75) is 45.4 Å². The maximum atomic E-state index is 11.2. The van der Waals surface area contributed by atoms with E-state index in [-0.39, 0.29) is 0 Å². The molecule has 1 aromatic rings. The number of unbranched alkanes of at least 4 members (excludes halogenated alkanes) is 1. The van der Waals surface area contributed by atoms with Crippen LogP contribution in [0.15, 0.2) is 24.3 Å². The molecule has 0 saturated heterocycles. The summed E-state index contributed by atoms with van der Waals surface area (Å²) in [5.41, 5.74) is 2.18. The van der Waals surface area contributed by atoms with Crippen molar-refractivity contribution in [1.29, 1.82) is 0 Å². The normalized spacial score (nSPS) is 12.3. The number of carboxylic acids is 1. The zero-order chi connectivity index (χ0) is 14.1.